The van der Waals surface area contributed by atoms with Crippen LogP contribution >= 0.6 is 0 Å². The van der Waals surface area contributed by atoms with E-state index in [0.29, 0.717) is 12.1 Å². The average Bonchev–Trinajstić information content (AvgIpc) is 2.81. The van der Waals surface area contributed by atoms with E-state index >= 15 is 0 Å². The van der Waals surface area contributed by atoms with Crippen molar-refractivity contribution in [1.82, 2.24) is 19.8 Å². The Bertz CT molecular complexity index is 328. The Hall–Kier alpha value is -0.870. The van der Waals surface area contributed by atoms with Crippen LogP contribution in [0.2, 0.25) is 0 Å². The van der Waals surface area contributed by atoms with Gasteiger partial charge in [0.15, 0.2) is 0 Å². The minimum atomic E-state index is 0.469. The average molecular weight is 252 g/mol. The molecule has 0 aromatic carbocycles. The van der Waals surface area contributed by atoms with Gasteiger partial charge in [-0.1, -0.05) is 27.7 Å². The van der Waals surface area contributed by atoms with Gasteiger partial charge in [0.2, 0.25) is 0 Å². The molecule has 0 spiro atoms. The summed E-state index contributed by atoms with van der Waals surface area (Å²) in [6.07, 6.45) is 3.92. The molecule has 0 saturated carbocycles. The molecule has 1 aromatic rings. The number of imidazole rings is 1. The van der Waals surface area contributed by atoms with Crippen LogP contribution in [0.4, 0.5) is 0 Å². The third-order valence-electron chi connectivity index (χ3n) is 3.33. The molecule has 0 amide bonds. The van der Waals surface area contributed by atoms with Gasteiger partial charge in [0.25, 0.3) is 0 Å². The predicted molar refractivity (Wildman–Crippen MR) is 76.7 cm³/mol. The third kappa shape index (κ3) is 4.42. The molecule has 1 heterocycles. The number of likely N-dealkylation sites (N-methyl/N-ethyl adjacent to an activating group) is 1. The first-order chi connectivity index (χ1) is 8.58. The highest BCUT2D eigenvalue weighted by Gasteiger charge is 2.12. The van der Waals surface area contributed by atoms with Gasteiger partial charge >= 0.3 is 0 Å². The molecule has 1 rings (SSSR count). The summed E-state index contributed by atoms with van der Waals surface area (Å²) >= 11 is 0. The van der Waals surface area contributed by atoms with Crippen molar-refractivity contribution in [2.75, 3.05) is 19.6 Å². The number of nitrogens with zero attached hydrogens (tertiary/aromatic N) is 3. The molecule has 1 atom stereocenters. The first-order valence-corrected chi connectivity index (χ1v) is 7.04. The second kappa shape index (κ2) is 7.54. The first-order valence-electron chi connectivity index (χ1n) is 7.04. The van der Waals surface area contributed by atoms with Crippen molar-refractivity contribution in [2.24, 2.45) is 0 Å². The van der Waals surface area contributed by atoms with Crippen molar-refractivity contribution < 1.29 is 0 Å². The molecule has 4 heteroatoms. The van der Waals surface area contributed by atoms with Crippen molar-refractivity contribution >= 4 is 0 Å². The molecular weight excluding hydrogens is 224 g/mol. The number of hydrogen-bond acceptors (Lipinski definition) is 3. The van der Waals surface area contributed by atoms with Crippen LogP contribution in [-0.2, 0) is 6.54 Å². The van der Waals surface area contributed by atoms with E-state index in [1.54, 1.807) is 0 Å². The van der Waals surface area contributed by atoms with Gasteiger partial charge in [-0.15, -0.1) is 0 Å². The zero-order valence-corrected chi connectivity index (χ0v) is 12.5. The Balaban J connectivity index is 2.62. The molecule has 0 fully saturated rings. The summed E-state index contributed by atoms with van der Waals surface area (Å²) in [7, 11) is 0. The molecule has 0 bridgehead atoms. The molecule has 1 aromatic heterocycles. The van der Waals surface area contributed by atoms with Gasteiger partial charge in [-0.25, -0.2) is 4.98 Å². The molecule has 1 unspecified atom stereocenters. The molecule has 0 saturated heterocycles. The zero-order chi connectivity index (χ0) is 13.5. The van der Waals surface area contributed by atoms with Gasteiger partial charge < -0.3 is 14.8 Å². The fourth-order valence-corrected chi connectivity index (χ4v) is 2.12. The molecule has 18 heavy (non-hydrogen) atoms. The Labute approximate surface area is 111 Å². The lowest BCUT2D eigenvalue weighted by Crippen LogP contribution is -2.31. The van der Waals surface area contributed by atoms with E-state index in [1.165, 1.54) is 5.69 Å². The molecule has 0 aliphatic rings. The fourth-order valence-electron chi connectivity index (χ4n) is 2.12. The van der Waals surface area contributed by atoms with Crippen LogP contribution in [-0.4, -0.2) is 40.1 Å². The highest BCUT2D eigenvalue weighted by Crippen LogP contribution is 2.11. The maximum atomic E-state index is 4.28. The molecule has 4 nitrogen and oxygen atoms in total. The van der Waals surface area contributed by atoms with Gasteiger partial charge in [0, 0.05) is 31.4 Å². The summed E-state index contributed by atoms with van der Waals surface area (Å²) in [6, 6.07) is 0.975. The van der Waals surface area contributed by atoms with Crippen LogP contribution in [0.15, 0.2) is 12.5 Å². The number of hydrogen-bond donors (Lipinski definition) is 1. The van der Waals surface area contributed by atoms with E-state index in [0.717, 1.165) is 26.2 Å². The van der Waals surface area contributed by atoms with E-state index in [4.69, 9.17) is 0 Å². The quantitative estimate of drug-likeness (QED) is 0.770. The van der Waals surface area contributed by atoms with Crippen molar-refractivity contribution in [3.8, 4) is 0 Å². The maximum absolute atomic E-state index is 4.28. The lowest BCUT2D eigenvalue weighted by Gasteiger charge is -2.25. The van der Waals surface area contributed by atoms with Gasteiger partial charge in [-0.2, -0.15) is 0 Å². The molecule has 1 N–H and O–H groups in total. The second-order valence-electron chi connectivity index (χ2n) is 5.16. The SMILES string of the molecule is CCN(CC)CC(C)n1cncc1CNC(C)C. The first kappa shape index (κ1) is 15.2. The van der Waals surface area contributed by atoms with Crippen LogP contribution in [0.5, 0.6) is 0 Å². The van der Waals surface area contributed by atoms with Crippen LogP contribution in [0, 0.1) is 0 Å². The normalized spacial score (nSPS) is 13.5. The number of rotatable bonds is 8. The van der Waals surface area contributed by atoms with Crippen molar-refractivity contribution in [1.29, 1.82) is 0 Å². The Morgan fingerprint density at radius 2 is 1.94 bits per heavy atom. The summed E-state index contributed by atoms with van der Waals surface area (Å²) in [6.45, 7) is 15.2. The lowest BCUT2D eigenvalue weighted by molar-refractivity contribution is 0.258. The van der Waals surface area contributed by atoms with Crippen molar-refractivity contribution in [3.63, 3.8) is 0 Å². The highest BCUT2D eigenvalue weighted by atomic mass is 15.2. The number of nitrogens with one attached hydrogen (secondary N) is 1. The van der Waals surface area contributed by atoms with Gasteiger partial charge in [0.05, 0.1) is 12.0 Å². The van der Waals surface area contributed by atoms with Crippen LogP contribution in [0.25, 0.3) is 0 Å². The number of aromatic nitrogens is 2. The minimum Gasteiger partial charge on any atom is -0.329 e. The Kier molecular flexibility index (Phi) is 6.36. The largest absolute Gasteiger partial charge is 0.329 e. The fraction of sp³-hybridized carbons (Fsp3) is 0.786. The summed E-state index contributed by atoms with van der Waals surface area (Å²) in [5, 5.41) is 3.45. The van der Waals surface area contributed by atoms with Crippen LogP contribution in [0.3, 0.4) is 0 Å². The van der Waals surface area contributed by atoms with Crippen molar-refractivity contribution in [2.45, 2.75) is 53.2 Å². The van der Waals surface area contributed by atoms with Gasteiger partial charge in [0.1, 0.15) is 0 Å². The molecular formula is C14H28N4. The van der Waals surface area contributed by atoms with Gasteiger partial charge in [-0.05, 0) is 20.0 Å². The van der Waals surface area contributed by atoms with Crippen LogP contribution < -0.4 is 5.32 Å². The van der Waals surface area contributed by atoms with E-state index in [1.807, 2.05) is 12.5 Å². The van der Waals surface area contributed by atoms with Gasteiger partial charge in [-0.3, -0.25) is 0 Å². The summed E-state index contributed by atoms with van der Waals surface area (Å²) in [5.41, 5.74) is 1.27. The standard InChI is InChI=1S/C14H28N4/c1-6-17(7-2)10-13(5)18-11-15-8-14(18)9-16-12(3)4/h8,11-13,16H,6-7,9-10H2,1-5H3. The Morgan fingerprint density at radius 1 is 1.28 bits per heavy atom. The third-order valence-corrected chi connectivity index (χ3v) is 3.33. The monoisotopic (exact) mass is 252 g/mol. The van der Waals surface area contributed by atoms with E-state index in [-0.39, 0.29) is 0 Å². The summed E-state index contributed by atoms with van der Waals surface area (Å²) in [5.74, 6) is 0. The molecule has 0 aliphatic heterocycles. The van der Waals surface area contributed by atoms with E-state index in [2.05, 4.69) is 54.4 Å². The lowest BCUT2D eigenvalue weighted by atomic mass is 10.2. The van der Waals surface area contributed by atoms with Crippen LogP contribution in [0.1, 0.15) is 46.4 Å². The topological polar surface area (TPSA) is 33.1 Å². The van der Waals surface area contributed by atoms with E-state index < -0.39 is 0 Å². The highest BCUT2D eigenvalue weighted by molar-refractivity contribution is 5.00. The minimum absolute atomic E-state index is 0.469. The second-order valence-corrected chi connectivity index (χ2v) is 5.16. The molecule has 0 radical (unpaired) electrons. The Morgan fingerprint density at radius 3 is 2.50 bits per heavy atom. The van der Waals surface area contributed by atoms with E-state index in [9.17, 15) is 0 Å². The molecule has 0 aliphatic carbocycles. The predicted octanol–water partition coefficient (Wildman–Crippen LogP) is 2.28. The van der Waals surface area contributed by atoms with Crippen molar-refractivity contribution in [3.05, 3.63) is 18.2 Å². The maximum Gasteiger partial charge on any atom is 0.0951 e. The summed E-state index contributed by atoms with van der Waals surface area (Å²) < 4.78 is 2.29. The summed E-state index contributed by atoms with van der Waals surface area (Å²) in [4.78, 5) is 6.73. The molecule has 104 valence electrons. The zero-order valence-electron chi connectivity index (χ0n) is 12.5. The smallest absolute Gasteiger partial charge is 0.0951 e.